The normalized spacial score (nSPS) is 15.1. The average molecular weight is 384 g/mol. The highest BCUT2D eigenvalue weighted by molar-refractivity contribution is 7.80. The molecule has 1 heterocycles. The number of methoxy groups -OCH3 is 2. The topological polar surface area (TPSA) is 60.0 Å². The van der Waals surface area contributed by atoms with Gasteiger partial charge in [0.1, 0.15) is 22.9 Å². The third-order valence-electron chi connectivity index (χ3n) is 4.02. The number of ether oxygens (including phenoxy) is 3. The molecule has 27 heavy (non-hydrogen) atoms. The Balaban J connectivity index is 1.91. The van der Waals surface area contributed by atoms with Crippen LogP contribution in [0.5, 0.6) is 17.2 Å². The number of carbonyl (C=O) groups excluding carboxylic acids is 1. The molecular weight excluding hydrogens is 364 g/mol. The predicted molar refractivity (Wildman–Crippen MR) is 108 cm³/mol. The number of hydrogen-bond acceptors (Lipinski definition) is 5. The van der Waals surface area contributed by atoms with Gasteiger partial charge in [-0.05, 0) is 67.7 Å². The van der Waals surface area contributed by atoms with E-state index < -0.39 is 0 Å². The molecule has 6 nitrogen and oxygen atoms in total. The minimum absolute atomic E-state index is 0.242. The summed E-state index contributed by atoms with van der Waals surface area (Å²) in [5.41, 5.74) is 1.74. The zero-order valence-corrected chi connectivity index (χ0v) is 16.1. The van der Waals surface area contributed by atoms with Crippen molar-refractivity contribution >= 4 is 35.0 Å². The number of hydrogen-bond donors (Lipinski definition) is 1. The Hall–Kier alpha value is -3.06. The van der Waals surface area contributed by atoms with Crippen LogP contribution >= 0.6 is 12.2 Å². The van der Waals surface area contributed by atoms with Crippen molar-refractivity contribution in [1.29, 1.82) is 0 Å². The molecule has 0 saturated carbocycles. The third-order valence-corrected chi connectivity index (χ3v) is 4.31. The van der Waals surface area contributed by atoms with Gasteiger partial charge in [0.25, 0.3) is 5.91 Å². The second kappa shape index (κ2) is 8.09. The molecule has 7 heteroatoms. The first-order chi connectivity index (χ1) is 13.1. The van der Waals surface area contributed by atoms with Gasteiger partial charge in [0.05, 0.1) is 26.5 Å². The zero-order chi connectivity index (χ0) is 19.4. The van der Waals surface area contributed by atoms with Crippen LogP contribution in [0.25, 0.3) is 6.08 Å². The Morgan fingerprint density at radius 1 is 1.07 bits per heavy atom. The van der Waals surface area contributed by atoms with Gasteiger partial charge in [-0.3, -0.25) is 9.69 Å². The number of benzene rings is 2. The highest BCUT2D eigenvalue weighted by Crippen LogP contribution is 2.29. The maximum Gasteiger partial charge on any atom is 0.281 e. The molecule has 0 spiro atoms. The van der Waals surface area contributed by atoms with Crippen LogP contribution < -0.4 is 24.4 Å². The van der Waals surface area contributed by atoms with Crippen molar-refractivity contribution in [3.05, 3.63) is 53.7 Å². The van der Waals surface area contributed by atoms with Crippen LogP contribution in [0.1, 0.15) is 12.5 Å². The molecule has 0 atom stereocenters. The van der Waals surface area contributed by atoms with Crippen LogP contribution in [0, 0.1) is 0 Å². The zero-order valence-electron chi connectivity index (χ0n) is 15.3. The lowest BCUT2D eigenvalue weighted by molar-refractivity contribution is -0.113. The summed E-state index contributed by atoms with van der Waals surface area (Å²) in [5.74, 6) is 1.79. The maximum absolute atomic E-state index is 12.9. The van der Waals surface area contributed by atoms with E-state index in [1.807, 2.05) is 19.1 Å². The molecule has 0 unspecified atom stereocenters. The van der Waals surface area contributed by atoms with E-state index in [1.54, 1.807) is 50.6 Å². The monoisotopic (exact) mass is 384 g/mol. The second-order valence-corrected chi connectivity index (χ2v) is 6.05. The molecule has 2 aromatic carbocycles. The number of carbonyl (C=O) groups is 1. The lowest BCUT2D eigenvalue weighted by atomic mass is 10.1. The lowest BCUT2D eigenvalue weighted by Gasteiger charge is -2.14. The summed E-state index contributed by atoms with van der Waals surface area (Å²) in [6, 6.07) is 12.6. The Labute approximate surface area is 163 Å². The van der Waals surface area contributed by atoms with Gasteiger partial charge < -0.3 is 19.5 Å². The number of amides is 1. The summed E-state index contributed by atoms with van der Waals surface area (Å²) >= 11 is 5.35. The van der Waals surface area contributed by atoms with Crippen LogP contribution in [-0.4, -0.2) is 31.8 Å². The molecule has 1 aliphatic rings. The molecule has 1 fully saturated rings. The van der Waals surface area contributed by atoms with E-state index in [9.17, 15) is 4.79 Å². The Morgan fingerprint density at radius 2 is 1.78 bits per heavy atom. The van der Waals surface area contributed by atoms with Crippen molar-refractivity contribution < 1.29 is 19.0 Å². The quantitative estimate of drug-likeness (QED) is 0.609. The first kappa shape index (κ1) is 18.7. The summed E-state index contributed by atoms with van der Waals surface area (Å²) in [7, 11) is 3.16. The molecule has 0 radical (unpaired) electrons. The van der Waals surface area contributed by atoms with Crippen molar-refractivity contribution in [2.45, 2.75) is 6.92 Å². The van der Waals surface area contributed by atoms with E-state index in [0.717, 1.165) is 5.75 Å². The highest BCUT2D eigenvalue weighted by atomic mass is 32.1. The first-order valence-electron chi connectivity index (χ1n) is 8.39. The number of anilines is 1. The highest BCUT2D eigenvalue weighted by Gasteiger charge is 2.32. The molecule has 0 aliphatic carbocycles. The number of nitrogens with zero attached hydrogens (tertiary/aromatic N) is 1. The molecule has 1 N–H and O–H groups in total. The van der Waals surface area contributed by atoms with Crippen molar-refractivity contribution in [3.8, 4) is 17.2 Å². The minimum Gasteiger partial charge on any atom is -0.497 e. The fourth-order valence-corrected chi connectivity index (χ4v) is 3.03. The van der Waals surface area contributed by atoms with E-state index in [0.29, 0.717) is 40.2 Å². The van der Waals surface area contributed by atoms with Crippen LogP contribution in [0.4, 0.5) is 5.69 Å². The van der Waals surface area contributed by atoms with E-state index in [1.165, 1.54) is 4.90 Å². The van der Waals surface area contributed by atoms with Crippen molar-refractivity contribution in [3.63, 3.8) is 0 Å². The largest absolute Gasteiger partial charge is 0.497 e. The fourth-order valence-electron chi connectivity index (χ4n) is 2.74. The van der Waals surface area contributed by atoms with Crippen molar-refractivity contribution in [2.24, 2.45) is 0 Å². The molecule has 3 rings (SSSR count). The first-order valence-corrected chi connectivity index (χ1v) is 8.80. The molecule has 0 aromatic heterocycles. The Morgan fingerprint density at radius 3 is 2.41 bits per heavy atom. The smallest absolute Gasteiger partial charge is 0.281 e. The van der Waals surface area contributed by atoms with E-state index in [-0.39, 0.29) is 5.91 Å². The number of rotatable bonds is 6. The van der Waals surface area contributed by atoms with Crippen LogP contribution in [0.3, 0.4) is 0 Å². The maximum atomic E-state index is 12.9. The SMILES string of the molecule is CCOc1ccc(N2C(=O)/C(=C/c3cc(OC)ccc3OC)NC2=S)cc1. The molecule has 0 bridgehead atoms. The third kappa shape index (κ3) is 3.88. The fraction of sp³-hybridized carbons (Fsp3) is 0.200. The van der Waals surface area contributed by atoms with Gasteiger partial charge in [-0.25, -0.2) is 0 Å². The van der Waals surface area contributed by atoms with Crippen molar-refractivity contribution in [1.82, 2.24) is 5.32 Å². The van der Waals surface area contributed by atoms with Gasteiger partial charge in [0.2, 0.25) is 0 Å². The van der Waals surface area contributed by atoms with Gasteiger partial charge in [-0.1, -0.05) is 0 Å². The van der Waals surface area contributed by atoms with Gasteiger partial charge in [-0.15, -0.1) is 0 Å². The summed E-state index contributed by atoms with van der Waals surface area (Å²) < 4.78 is 16.1. The lowest BCUT2D eigenvalue weighted by Crippen LogP contribution is -2.30. The summed E-state index contributed by atoms with van der Waals surface area (Å²) in [6.45, 7) is 2.50. The average Bonchev–Trinajstić information content (AvgIpc) is 2.96. The second-order valence-electron chi connectivity index (χ2n) is 5.66. The minimum atomic E-state index is -0.242. The summed E-state index contributed by atoms with van der Waals surface area (Å²) in [5, 5.41) is 3.29. The van der Waals surface area contributed by atoms with Crippen LogP contribution in [0.2, 0.25) is 0 Å². The molecule has 1 saturated heterocycles. The van der Waals surface area contributed by atoms with E-state index >= 15 is 0 Å². The molecule has 1 aliphatic heterocycles. The van der Waals surface area contributed by atoms with Crippen molar-refractivity contribution in [2.75, 3.05) is 25.7 Å². The molecule has 1 amide bonds. The summed E-state index contributed by atoms with van der Waals surface area (Å²) in [4.78, 5) is 14.3. The van der Waals surface area contributed by atoms with E-state index in [4.69, 9.17) is 26.4 Å². The predicted octanol–water partition coefficient (Wildman–Crippen LogP) is 3.36. The van der Waals surface area contributed by atoms with E-state index in [2.05, 4.69) is 5.32 Å². The molecular formula is C20H20N2O4S. The van der Waals surface area contributed by atoms with Crippen LogP contribution in [-0.2, 0) is 4.79 Å². The van der Waals surface area contributed by atoms with Gasteiger partial charge in [0.15, 0.2) is 5.11 Å². The van der Waals surface area contributed by atoms with Gasteiger partial charge in [0, 0.05) is 5.56 Å². The molecule has 2 aromatic rings. The Bertz CT molecular complexity index is 893. The van der Waals surface area contributed by atoms with Crippen LogP contribution in [0.15, 0.2) is 48.2 Å². The number of thiocarbonyl (C=S) groups is 1. The Kier molecular flexibility index (Phi) is 5.61. The summed E-state index contributed by atoms with van der Waals surface area (Å²) in [6.07, 6.45) is 1.70. The molecule has 140 valence electrons. The van der Waals surface area contributed by atoms with Gasteiger partial charge in [-0.2, -0.15) is 0 Å². The van der Waals surface area contributed by atoms with Gasteiger partial charge >= 0.3 is 0 Å². The standard InChI is InChI=1S/C20H20N2O4S/c1-4-26-15-7-5-14(6-8-15)22-19(23)17(21-20(22)27)12-13-11-16(24-2)9-10-18(13)25-3/h5-12H,4H2,1-3H3,(H,21,27)/b17-12-. The number of nitrogens with one attached hydrogen (secondary N) is 1.